The molecule has 0 saturated carbocycles. The lowest BCUT2D eigenvalue weighted by Crippen LogP contribution is -2.45. The van der Waals surface area contributed by atoms with Crippen molar-refractivity contribution in [2.24, 2.45) is 0 Å². The molecule has 0 aromatic heterocycles. The number of nitrogens with zero attached hydrogens (tertiary/aromatic N) is 1. The maximum absolute atomic E-state index is 11.0. The minimum Gasteiger partial charge on any atom is -0.493 e. The fraction of sp³-hybridized carbons (Fsp3) is 0.588. The Labute approximate surface area is 137 Å². The highest BCUT2D eigenvalue weighted by atomic mass is 35.5. The SMILES string of the molecule is C[C@@H]1CN(CCCCOc2ccc(Cl)cc2C=O)C[C@@H](C)O1. The first-order valence-electron chi connectivity index (χ1n) is 7.84. The van der Waals surface area contributed by atoms with E-state index < -0.39 is 0 Å². The number of carbonyl (C=O) groups is 1. The first-order valence-corrected chi connectivity index (χ1v) is 8.21. The van der Waals surface area contributed by atoms with Crippen molar-refractivity contribution in [2.75, 3.05) is 26.2 Å². The summed E-state index contributed by atoms with van der Waals surface area (Å²) in [5.41, 5.74) is 0.503. The van der Waals surface area contributed by atoms with Gasteiger partial charge in [0, 0.05) is 18.1 Å². The second-order valence-corrected chi connectivity index (χ2v) is 6.31. The van der Waals surface area contributed by atoms with Crippen LogP contribution in [-0.4, -0.2) is 49.6 Å². The number of aldehydes is 1. The van der Waals surface area contributed by atoms with Crippen LogP contribution in [0.15, 0.2) is 18.2 Å². The molecule has 1 aromatic carbocycles. The van der Waals surface area contributed by atoms with E-state index in [1.165, 1.54) is 0 Å². The summed E-state index contributed by atoms with van der Waals surface area (Å²) in [5.74, 6) is 0.605. The van der Waals surface area contributed by atoms with E-state index in [0.717, 1.165) is 38.8 Å². The van der Waals surface area contributed by atoms with Gasteiger partial charge in [-0.25, -0.2) is 0 Å². The van der Waals surface area contributed by atoms with Crippen molar-refractivity contribution in [1.82, 2.24) is 4.90 Å². The molecule has 1 aromatic rings. The molecule has 122 valence electrons. The molecule has 1 saturated heterocycles. The van der Waals surface area contributed by atoms with Gasteiger partial charge in [0.1, 0.15) is 5.75 Å². The molecule has 1 heterocycles. The lowest BCUT2D eigenvalue weighted by Gasteiger charge is -2.35. The quantitative estimate of drug-likeness (QED) is 0.569. The molecule has 0 amide bonds. The summed E-state index contributed by atoms with van der Waals surface area (Å²) in [6.45, 7) is 7.90. The van der Waals surface area contributed by atoms with Crippen LogP contribution in [0.5, 0.6) is 5.75 Å². The van der Waals surface area contributed by atoms with Gasteiger partial charge in [0.05, 0.1) is 24.4 Å². The third kappa shape index (κ3) is 5.27. The zero-order valence-electron chi connectivity index (χ0n) is 13.3. The summed E-state index contributed by atoms with van der Waals surface area (Å²) >= 11 is 5.86. The van der Waals surface area contributed by atoms with Gasteiger partial charge in [-0.2, -0.15) is 0 Å². The van der Waals surface area contributed by atoms with Crippen molar-refractivity contribution < 1.29 is 14.3 Å². The molecule has 1 aliphatic heterocycles. The van der Waals surface area contributed by atoms with Crippen molar-refractivity contribution in [3.63, 3.8) is 0 Å². The summed E-state index contributed by atoms with van der Waals surface area (Å²) in [6.07, 6.45) is 3.43. The molecule has 22 heavy (non-hydrogen) atoms. The zero-order chi connectivity index (χ0) is 15.9. The molecule has 0 bridgehead atoms. The Hall–Kier alpha value is -1.10. The number of hydrogen-bond donors (Lipinski definition) is 0. The number of benzene rings is 1. The van der Waals surface area contributed by atoms with Gasteiger partial charge < -0.3 is 9.47 Å². The van der Waals surface area contributed by atoms with Crippen LogP contribution in [0.2, 0.25) is 5.02 Å². The van der Waals surface area contributed by atoms with Crippen LogP contribution >= 0.6 is 11.6 Å². The molecule has 2 rings (SSSR count). The van der Waals surface area contributed by atoms with Crippen molar-refractivity contribution in [1.29, 1.82) is 0 Å². The van der Waals surface area contributed by atoms with E-state index in [0.29, 0.717) is 35.2 Å². The summed E-state index contributed by atoms with van der Waals surface area (Å²) in [5, 5.41) is 0.546. The highest BCUT2D eigenvalue weighted by Crippen LogP contribution is 2.21. The second kappa shape index (κ2) is 8.51. The predicted octanol–water partition coefficient (Wildman–Crippen LogP) is 3.42. The fourth-order valence-electron chi connectivity index (χ4n) is 2.83. The Morgan fingerprint density at radius 3 is 2.73 bits per heavy atom. The maximum atomic E-state index is 11.0. The molecule has 0 N–H and O–H groups in total. The van der Waals surface area contributed by atoms with Gasteiger partial charge in [0.25, 0.3) is 0 Å². The zero-order valence-corrected chi connectivity index (χ0v) is 14.0. The maximum Gasteiger partial charge on any atom is 0.153 e. The molecular weight excluding hydrogens is 302 g/mol. The standard InChI is InChI=1S/C17H24ClNO3/c1-13-10-19(11-14(2)22-13)7-3-4-8-21-17-6-5-16(18)9-15(17)12-20/h5-6,9,12-14H,3-4,7-8,10-11H2,1-2H3/t13-,14-/m1/s1. The average molecular weight is 326 g/mol. The number of hydrogen-bond acceptors (Lipinski definition) is 4. The molecule has 5 heteroatoms. The largest absolute Gasteiger partial charge is 0.493 e. The smallest absolute Gasteiger partial charge is 0.153 e. The third-order valence-corrected chi connectivity index (χ3v) is 3.96. The molecule has 4 nitrogen and oxygen atoms in total. The molecule has 1 aliphatic rings. The number of morpholine rings is 1. The number of ether oxygens (including phenoxy) is 2. The molecule has 0 aliphatic carbocycles. The molecule has 0 radical (unpaired) electrons. The number of unbranched alkanes of at least 4 members (excludes halogenated alkanes) is 1. The lowest BCUT2D eigenvalue weighted by molar-refractivity contribution is -0.0682. The Bertz CT molecular complexity index is 485. The summed E-state index contributed by atoms with van der Waals surface area (Å²) in [4.78, 5) is 13.4. The van der Waals surface area contributed by atoms with E-state index in [2.05, 4.69) is 18.7 Å². The topological polar surface area (TPSA) is 38.8 Å². The van der Waals surface area contributed by atoms with Gasteiger partial charge in [-0.1, -0.05) is 11.6 Å². The molecule has 1 fully saturated rings. The van der Waals surface area contributed by atoms with Gasteiger partial charge in [0.2, 0.25) is 0 Å². The Morgan fingerprint density at radius 1 is 1.32 bits per heavy atom. The Morgan fingerprint density at radius 2 is 2.05 bits per heavy atom. The summed E-state index contributed by atoms with van der Waals surface area (Å²) in [7, 11) is 0. The molecule has 0 unspecified atom stereocenters. The van der Waals surface area contributed by atoms with Crippen LogP contribution in [0.25, 0.3) is 0 Å². The normalized spacial score (nSPS) is 22.5. The van der Waals surface area contributed by atoms with Gasteiger partial charge in [-0.3, -0.25) is 9.69 Å². The van der Waals surface area contributed by atoms with E-state index in [4.69, 9.17) is 21.1 Å². The van der Waals surface area contributed by atoms with Gasteiger partial charge in [0.15, 0.2) is 6.29 Å². The van der Waals surface area contributed by atoms with E-state index in [1.54, 1.807) is 18.2 Å². The van der Waals surface area contributed by atoms with Crippen LogP contribution < -0.4 is 4.74 Å². The predicted molar refractivity (Wildman–Crippen MR) is 88.0 cm³/mol. The lowest BCUT2D eigenvalue weighted by atomic mass is 10.2. The van der Waals surface area contributed by atoms with E-state index in [-0.39, 0.29) is 0 Å². The molecular formula is C17H24ClNO3. The molecule has 2 atom stereocenters. The van der Waals surface area contributed by atoms with Crippen LogP contribution in [0, 0.1) is 0 Å². The first kappa shape index (κ1) is 17.3. The van der Waals surface area contributed by atoms with Crippen molar-refractivity contribution in [3.8, 4) is 5.75 Å². The minimum atomic E-state index is 0.309. The van der Waals surface area contributed by atoms with Crippen LogP contribution in [0.3, 0.4) is 0 Å². The second-order valence-electron chi connectivity index (χ2n) is 5.87. The number of carbonyl (C=O) groups excluding carboxylic acids is 1. The summed E-state index contributed by atoms with van der Waals surface area (Å²) in [6, 6.07) is 5.11. The van der Waals surface area contributed by atoms with E-state index >= 15 is 0 Å². The fourth-order valence-corrected chi connectivity index (χ4v) is 3.01. The van der Waals surface area contributed by atoms with Crippen LogP contribution in [-0.2, 0) is 4.74 Å². The number of halogens is 1. The highest BCUT2D eigenvalue weighted by molar-refractivity contribution is 6.30. The number of rotatable bonds is 7. The minimum absolute atomic E-state index is 0.309. The first-order chi connectivity index (χ1) is 10.6. The van der Waals surface area contributed by atoms with Crippen molar-refractivity contribution >= 4 is 17.9 Å². The van der Waals surface area contributed by atoms with Crippen molar-refractivity contribution in [3.05, 3.63) is 28.8 Å². The highest BCUT2D eigenvalue weighted by Gasteiger charge is 2.21. The van der Waals surface area contributed by atoms with Crippen LogP contribution in [0.1, 0.15) is 37.0 Å². The van der Waals surface area contributed by atoms with Gasteiger partial charge in [-0.15, -0.1) is 0 Å². The third-order valence-electron chi connectivity index (χ3n) is 3.72. The Balaban J connectivity index is 1.68. The van der Waals surface area contributed by atoms with Gasteiger partial charge in [-0.05, 0) is 51.4 Å². The molecule has 0 spiro atoms. The van der Waals surface area contributed by atoms with Crippen molar-refractivity contribution in [2.45, 2.75) is 38.9 Å². The average Bonchev–Trinajstić information content (AvgIpc) is 2.47. The summed E-state index contributed by atoms with van der Waals surface area (Å²) < 4.78 is 11.4. The Kier molecular flexibility index (Phi) is 6.68. The van der Waals surface area contributed by atoms with Crippen LogP contribution in [0.4, 0.5) is 0 Å². The van der Waals surface area contributed by atoms with E-state index in [9.17, 15) is 4.79 Å². The van der Waals surface area contributed by atoms with Gasteiger partial charge >= 0.3 is 0 Å². The monoisotopic (exact) mass is 325 g/mol. The van der Waals surface area contributed by atoms with E-state index in [1.807, 2.05) is 0 Å².